The van der Waals surface area contributed by atoms with Crippen LogP contribution in [-0.2, 0) is 23.8 Å². The van der Waals surface area contributed by atoms with Crippen LogP contribution in [0.25, 0.3) is 6.08 Å². The molecule has 7 heteroatoms. The fourth-order valence-corrected chi connectivity index (χ4v) is 4.08. The number of para-hydroxylation sites is 1. The second kappa shape index (κ2) is 7.76. The SMILES string of the molecule is COC(=O)C1(C(=O)OC)[C@@H](/C=C\c2ccccc2)O[C@H]2Oc3ccccc3C(=O)[C@@H]21. The maximum Gasteiger partial charge on any atom is 0.327 e. The molecule has 0 aromatic heterocycles. The molecule has 7 nitrogen and oxygen atoms in total. The van der Waals surface area contributed by atoms with Gasteiger partial charge in [0, 0.05) is 0 Å². The van der Waals surface area contributed by atoms with Gasteiger partial charge < -0.3 is 18.9 Å². The lowest BCUT2D eigenvalue weighted by molar-refractivity contribution is -0.173. The van der Waals surface area contributed by atoms with Crippen LogP contribution in [0.15, 0.2) is 60.7 Å². The summed E-state index contributed by atoms with van der Waals surface area (Å²) in [5.74, 6) is -3.19. The van der Waals surface area contributed by atoms with Gasteiger partial charge in [-0.2, -0.15) is 0 Å². The number of rotatable bonds is 4. The minimum atomic E-state index is -2.04. The Labute approximate surface area is 173 Å². The quantitative estimate of drug-likeness (QED) is 0.568. The lowest BCUT2D eigenvalue weighted by Crippen LogP contribution is -2.55. The number of esters is 2. The van der Waals surface area contributed by atoms with E-state index in [1.54, 1.807) is 36.4 Å². The first-order valence-electron chi connectivity index (χ1n) is 9.39. The predicted octanol–water partition coefficient (Wildman–Crippen LogP) is 2.65. The van der Waals surface area contributed by atoms with Crippen LogP contribution in [0.2, 0.25) is 0 Å². The summed E-state index contributed by atoms with van der Waals surface area (Å²) in [6.45, 7) is 0. The molecule has 2 aromatic carbocycles. The molecule has 2 aromatic rings. The zero-order valence-corrected chi connectivity index (χ0v) is 16.4. The molecule has 0 radical (unpaired) electrons. The summed E-state index contributed by atoms with van der Waals surface area (Å²) < 4.78 is 21.7. The summed E-state index contributed by atoms with van der Waals surface area (Å²) >= 11 is 0. The van der Waals surface area contributed by atoms with Crippen molar-refractivity contribution in [1.82, 2.24) is 0 Å². The molecule has 0 unspecified atom stereocenters. The molecule has 0 aliphatic carbocycles. The van der Waals surface area contributed by atoms with Gasteiger partial charge in [-0.15, -0.1) is 0 Å². The highest BCUT2D eigenvalue weighted by atomic mass is 16.7. The van der Waals surface area contributed by atoms with Crippen LogP contribution in [-0.4, -0.2) is 44.3 Å². The van der Waals surface area contributed by atoms with E-state index in [4.69, 9.17) is 18.9 Å². The average molecular weight is 408 g/mol. The molecule has 0 N–H and O–H groups in total. The fourth-order valence-electron chi connectivity index (χ4n) is 4.08. The van der Waals surface area contributed by atoms with E-state index in [9.17, 15) is 14.4 Å². The van der Waals surface area contributed by atoms with Gasteiger partial charge in [0.05, 0.1) is 19.8 Å². The number of fused-ring (bicyclic) bond motifs is 2. The second-order valence-corrected chi connectivity index (χ2v) is 7.00. The average Bonchev–Trinajstić information content (AvgIpc) is 3.12. The van der Waals surface area contributed by atoms with Gasteiger partial charge in [0.2, 0.25) is 11.7 Å². The maximum absolute atomic E-state index is 13.4. The first-order chi connectivity index (χ1) is 14.5. The number of ether oxygens (including phenoxy) is 4. The summed E-state index contributed by atoms with van der Waals surface area (Å²) in [4.78, 5) is 39.4. The van der Waals surface area contributed by atoms with Gasteiger partial charge in [-0.1, -0.05) is 54.6 Å². The van der Waals surface area contributed by atoms with Crippen molar-refractivity contribution < 1.29 is 33.3 Å². The highest BCUT2D eigenvalue weighted by Crippen LogP contribution is 2.51. The molecule has 30 heavy (non-hydrogen) atoms. The van der Waals surface area contributed by atoms with Crippen LogP contribution in [0.3, 0.4) is 0 Å². The smallest absolute Gasteiger partial charge is 0.327 e. The highest BCUT2D eigenvalue weighted by molar-refractivity contribution is 6.12. The number of carbonyl (C=O) groups is 3. The van der Waals surface area contributed by atoms with Crippen molar-refractivity contribution in [1.29, 1.82) is 0 Å². The van der Waals surface area contributed by atoms with Gasteiger partial charge in [-0.05, 0) is 17.7 Å². The highest BCUT2D eigenvalue weighted by Gasteiger charge is 2.71. The third-order valence-corrected chi connectivity index (χ3v) is 5.48. The Morgan fingerprint density at radius 1 is 0.967 bits per heavy atom. The van der Waals surface area contributed by atoms with Crippen molar-refractivity contribution in [2.75, 3.05) is 14.2 Å². The van der Waals surface area contributed by atoms with Crippen LogP contribution < -0.4 is 4.74 Å². The van der Waals surface area contributed by atoms with Crippen LogP contribution in [0, 0.1) is 11.3 Å². The van der Waals surface area contributed by atoms with E-state index in [2.05, 4.69) is 0 Å². The molecular formula is C23H20O7. The minimum Gasteiger partial charge on any atom is -0.468 e. The Kier molecular flexibility index (Phi) is 5.13. The van der Waals surface area contributed by atoms with Crippen molar-refractivity contribution in [3.8, 4) is 5.75 Å². The number of methoxy groups -OCH3 is 2. The first-order valence-corrected chi connectivity index (χ1v) is 9.39. The third-order valence-electron chi connectivity index (χ3n) is 5.48. The molecule has 2 aliphatic rings. The standard InChI is InChI=1S/C23H20O7/c1-27-21(25)23(22(26)28-2)17(13-12-14-8-4-3-5-9-14)30-20-18(23)19(24)15-10-6-7-11-16(15)29-20/h3-13,17-18,20H,1-2H3/b13-12-/t17-,18+,20-/m1/s1. The van der Waals surface area contributed by atoms with Crippen LogP contribution >= 0.6 is 0 Å². The van der Waals surface area contributed by atoms with E-state index in [0.29, 0.717) is 5.75 Å². The van der Waals surface area contributed by atoms with Crippen molar-refractivity contribution in [3.05, 3.63) is 71.8 Å². The lowest BCUT2D eigenvalue weighted by Gasteiger charge is -2.33. The van der Waals surface area contributed by atoms with Crippen LogP contribution in [0.4, 0.5) is 0 Å². The molecule has 2 heterocycles. The van der Waals surface area contributed by atoms with Gasteiger partial charge in [0.1, 0.15) is 17.8 Å². The maximum atomic E-state index is 13.4. The van der Waals surface area contributed by atoms with Gasteiger partial charge in [-0.3, -0.25) is 14.4 Å². The number of hydrogen-bond donors (Lipinski definition) is 0. The van der Waals surface area contributed by atoms with Crippen molar-refractivity contribution in [2.45, 2.75) is 12.4 Å². The van der Waals surface area contributed by atoms with Gasteiger partial charge in [0.15, 0.2) is 5.78 Å². The van der Waals surface area contributed by atoms with E-state index >= 15 is 0 Å². The van der Waals surface area contributed by atoms with Crippen molar-refractivity contribution in [3.63, 3.8) is 0 Å². The van der Waals surface area contributed by atoms with Gasteiger partial charge in [-0.25, -0.2) is 0 Å². The Morgan fingerprint density at radius 2 is 1.60 bits per heavy atom. The number of carbonyl (C=O) groups excluding carboxylic acids is 3. The second-order valence-electron chi connectivity index (χ2n) is 7.00. The van der Waals surface area contributed by atoms with Crippen LogP contribution in [0.1, 0.15) is 15.9 Å². The fraction of sp³-hybridized carbons (Fsp3) is 0.261. The molecule has 0 saturated carbocycles. The Morgan fingerprint density at radius 3 is 2.27 bits per heavy atom. The predicted molar refractivity (Wildman–Crippen MR) is 105 cm³/mol. The van der Waals surface area contributed by atoms with E-state index in [1.165, 1.54) is 0 Å². The van der Waals surface area contributed by atoms with Crippen molar-refractivity contribution >= 4 is 23.8 Å². The Bertz CT molecular complexity index is 995. The van der Waals surface area contributed by atoms with E-state index in [-0.39, 0.29) is 5.56 Å². The normalized spacial score (nSPS) is 23.9. The first kappa shape index (κ1) is 19.8. The summed E-state index contributed by atoms with van der Waals surface area (Å²) in [6, 6.07) is 15.9. The largest absolute Gasteiger partial charge is 0.468 e. The number of hydrogen-bond acceptors (Lipinski definition) is 7. The zero-order chi connectivity index (χ0) is 21.3. The topological polar surface area (TPSA) is 88.1 Å². The summed E-state index contributed by atoms with van der Waals surface area (Å²) in [5.41, 5.74) is -0.938. The number of Topliss-reactive ketones (excluding diaryl/α,β-unsaturated/α-hetero) is 1. The van der Waals surface area contributed by atoms with Crippen LogP contribution in [0.5, 0.6) is 5.75 Å². The Hall–Kier alpha value is -3.45. The summed E-state index contributed by atoms with van der Waals surface area (Å²) in [6.07, 6.45) is 0.991. The minimum absolute atomic E-state index is 0.271. The van der Waals surface area contributed by atoms with Crippen molar-refractivity contribution in [2.24, 2.45) is 11.3 Å². The number of ketones is 1. The lowest BCUT2D eigenvalue weighted by atomic mass is 9.68. The third kappa shape index (κ3) is 2.90. The van der Waals surface area contributed by atoms with Gasteiger partial charge >= 0.3 is 11.9 Å². The number of benzene rings is 2. The van der Waals surface area contributed by atoms with E-state index < -0.39 is 41.4 Å². The molecule has 4 rings (SSSR count). The molecule has 0 spiro atoms. The molecule has 1 saturated heterocycles. The summed E-state index contributed by atoms with van der Waals surface area (Å²) in [7, 11) is 2.31. The molecular weight excluding hydrogens is 388 g/mol. The molecule has 0 amide bonds. The molecule has 2 aliphatic heterocycles. The molecule has 1 fully saturated rings. The molecule has 3 atom stereocenters. The monoisotopic (exact) mass is 408 g/mol. The summed E-state index contributed by atoms with van der Waals surface area (Å²) in [5, 5.41) is 0. The molecule has 0 bridgehead atoms. The van der Waals surface area contributed by atoms with Gasteiger partial charge in [0.25, 0.3) is 0 Å². The zero-order valence-electron chi connectivity index (χ0n) is 16.4. The van der Waals surface area contributed by atoms with E-state index in [0.717, 1.165) is 19.8 Å². The molecule has 154 valence electrons. The van der Waals surface area contributed by atoms with E-state index in [1.807, 2.05) is 30.3 Å². The Balaban J connectivity index is 1.85.